The van der Waals surface area contributed by atoms with Gasteiger partial charge in [-0.25, -0.2) is 0 Å². The molecule has 0 heterocycles. The molecule has 0 aromatic heterocycles. The molecule has 0 aliphatic rings. The number of unbranched alkanes of at least 4 members (excludes halogenated alkanes) is 16. The third-order valence-corrected chi connectivity index (χ3v) is 4.90. The molecule has 1 N–H and O–H groups in total. The summed E-state index contributed by atoms with van der Waals surface area (Å²) < 4.78 is 0. The van der Waals surface area contributed by atoms with Crippen molar-refractivity contribution in [2.45, 2.75) is 129 Å². The molecule has 0 unspecified atom stereocenters. The zero-order chi connectivity index (χ0) is 18.4. The van der Waals surface area contributed by atoms with Crippen LogP contribution in [0.3, 0.4) is 0 Å². The van der Waals surface area contributed by atoms with Crippen molar-refractivity contribution >= 4 is 5.97 Å². The minimum Gasteiger partial charge on any atom is -0.481 e. The summed E-state index contributed by atoms with van der Waals surface area (Å²) in [4.78, 5) is 10.4. The molecule has 0 spiro atoms. The first-order chi connectivity index (χ1) is 12.3. The van der Waals surface area contributed by atoms with Crippen LogP contribution in [-0.2, 0) is 4.79 Å². The molecule has 0 aliphatic heterocycles. The van der Waals surface area contributed by atoms with Gasteiger partial charge in [-0.3, -0.25) is 4.79 Å². The topological polar surface area (TPSA) is 37.3 Å². The van der Waals surface area contributed by atoms with E-state index in [2.05, 4.69) is 19.1 Å². The second-order valence-electron chi connectivity index (χ2n) is 7.50. The first-order valence-corrected chi connectivity index (χ1v) is 11.1. The van der Waals surface area contributed by atoms with E-state index in [4.69, 9.17) is 5.11 Å². The molecule has 0 radical (unpaired) electrons. The van der Waals surface area contributed by atoms with Crippen molar-refractivity contribution in [3.8, 4) is 0 Å². The Balaban J connectivity index is 3.05. The van der Waals surface area contributed by atoms with E-state index in [0.29, 0.717) is 6.42 Å². The Hall–Kier alpha value is -0.790. The Morgan fingerprint density at radius 3 is 1.36 bits per heavy atom. The van der Waals surface area contributed by atoms with Crippen LogP contribution in [0.25, 0.3) is 0 Å². The van der Waals surface area contributed by atoms with Gasteiger partial charge in [0.25, 0.3) is 0 Å². The zero-order valence-electron chi connectivity index (χ0n) is 16.9. The van der Waals surface area contributed by atoms with Crippen molar-refractivity contribution in [1.29, 1.82) is 0 Å². The summed E-state index contributed by atoms with van der Waals surface area (Å²) >= 11 is 0. The Labute approximate surface area is 157 Å². The van der Waals surface area contributed by atoms with E-state index in [9.17, 15) is 4.79 Å². The lowest BCUT2D eigenvalue weighted by Crippen LogP contribution is -1.92. The molecule has 0 bridgehead atoms. The van der Waals surface area contributed by atoms with Crippen LogP contribution in [-0.4, -0.2) is 11.1 Å². The van der Waals surface area contributed by atoms with Gasteiger partial charge in [0.15, 0.2) is 0 Å². The number of rotatable bonds is 20. The van der Waals surface area contributed by atoms with Crippen molar-refractivity contribution in [2.75, 3.05) is 0 Å². The van der Waals surface area contributed by atoms with E-state index >= 15 is 0 Å². The fourth-order valence-corrected chi connectivity index (χ4v) is 3.23. The van der Waals surface area contributed by atoms with E-state index in [1.807, 2.05) is 0 Å². The maximum atomic E-state index is 10.4. The second kappa shape index (κ2) is 21.3. The molecule has 0 saturated heterocycles. The Bertz CT molecular complexity index is 296. The summed E-state index contributed by atoms with van der Waals surface area (Å²) in [6.45, 7) is 2.28. The minimum absolute atomic E-state index is 0.312. The van der Waals surface area contributed by atoms with Gasteiger partial charge in [0.1, 0.15) is 0 Å². The largest absolute Gasteiger partial charge is 0.481 e. The van der Waals surface area contributed by atoms with Crippen molar-refractivity contribution in [1.82, 2.24) is 0 Å². The second-order valence-corrected chi connectivity index (χ2v) is 7.50. The highest BCUT2D eigenvalue weighted by atomic mass is 16.4. The quantitative estimate of drug-likeness (QED) is 0.178. The fraction of sp³-hybridized carbons (Fsp3) is 0.870. The van der Waals surface area contributed by atoms with E-state index in [0.717, 1.165) is 19.3 Å². The zero-order valence-corrected chi connectivity index (χ0v) is 16.9. The minimum atomic E-state index is -0.675. The van der Waals surface area contributed by atoms with Crippen LogP contribution in [0, 0.1) is 0 Å². The summed E-state index contributed by atoms with van der Waals surface area (Å²) in [5.74, 6) is -0.675. The lowest BCUT2D eigenvalue weighted by atomic mass is 10.0. The molecule has 0 aliphatic carbocycles. The van der Waals surface area contributed by atoms with Crippen LogP contribution in [0.4, 0.5) is 0 Å². The third kappa shape index (κ3) is 23.2. The van der Waals surface area contributed by atoms with Crippen molar-refractivity contribution in [2.24, 2.45) is 0 Å². The molecule has 148 valence electrons. The van der Waals surface area contributed by atoms with Gasteiger partial charge in [0.2, 0.25) is 0 Å². The van der Waals surface area contributed by atoms with Gasteiger partial charge < -0.3 is 5.11 Å². The number of aliphatic carboxylic acids is 1. The summed E-state index contributed by atoms with van der Waals surface area (Å²) in [6.07, 6.45) is 28.6. The highest BCUT2D eigenvalue weighted by molar-refractivity contribution is 5.66. The molecular formula is C23H44O2. The molecule has 2 heteroatoms. The van der Waals surface area contributed by atoms with Gasteiger partial charge >= 0.3 is 5.97 Å². The van der Waals surface area contributed by atoms with Crippen LogP contribution in [0.2, 0.25) is 0 Å². The van der Waals surface area contributed by atoms with Gasteiger partial charge in [-0.05, 0) is 32.1 Å². The average molecular weight is 353 g/mol. The summed E-state index contributed by atoms with van der Waals surface area (Å²) in [5.41, 5.74) is 0. The third-order valence-electron chi connectivity index (χ3n) is 4.90. The molecule has 0 fully saturated rings. The Morgan fingerprint density at radius 1 is 0.600 bits per heavy atom. The number of carboxylic acids is 1. The van der Waals surface area contributed by atoms with Crippen molar-refractivity contribution in [3.05, 3.63) is 12.2 Å². The predicted octanol–water partition coefficient (Wildman–Crippen LogP) is 8.06. The number of allylic oxidation sites excluding steroid dienone is 2. The predicted molar refractivity (Wildman–Crippen MR) is 110 cm³/mol. The molecule has 0 saturated carbocycles. The molecule has 0 atom stereocenters. The van der Waals surface area contributed by atoms with Gasteiger partial charge in [-0.15, -0.1) is 0 Å². The first-order valence-electron chi connectivity index (χ1n) is 11.1. The summed E-state index contributed by atoms with van der Waals surface area (Å²) in [6, 6.07) is 0. The molecular weight excluding hydrogens is 308 g/mol. The van der Waals surface area contributed by atoms with Crippen LogP contribution in [0.5, 0.6) is 0 Å². The smallest absolute Gasteiger partial charge is 0.303 e. The molecule has 25 heavy (non-hydrogen) atoms. The van der Waals surface area contributed by atoms with E-state index in [-0.39, 0.29) is 0 Å². The number of carboxylic acid groups (broad SMARTS) is 1. The van der Waals surface area contributed by atoms with E-state index in [1.165, 1.54) is 96.3 Å². The van der Waals surface area contributed by atoms with E-state index < -0.39 is 5.97 Å². The van der Waals surface area contributed by atoms with Crippen LogP contribution >= 0.6 is 0 Å². The monoisotopic (exact) mass is 352 g/mol. The molecule has 0 rings (SSSR count). The van der Waals surface area contributed by atoms with Crippen LogP contribution < -0.4 is 0 Å². The molecule has 0 aromatic rings. The maximum Gasteiger partial charge on any atom is 0.303 e. The van der Waals surface area contributed by atoms with Crippen LogP contribution in [0.15, 0.2) is 12.2 Å². The number of hydrogen-bond donors (Lipinski definition) is 1. The maximum absolute atomic E-state index is 10.4. The molecule has 0 aromatic carbocycles. The molecule has 0 amide bonds. The van der Waals surface area contributed by atoms with Gasteiger partial charge in [-0.2, -0.15) is 0 Å². The lowest BCUT2D eigenvalue weighted by Gasteiger charge is -2.02. The average Bonchev–Trinajstić information content (AvgIpc) is 2.60. The number of hydrogen-bond acceptors (Lipinski definition) is 1. The van der Waals surface area contributed by atoms with Gasteiger partial charge in [0, 0.05) is 6.42 Å². The van der Waals surface area contributed by atoms with Crippen molar-refractivity contribution < 1.29 is 9.90 Å². The lowest BCUT2D eigenvalue weighted by molar-refractivity contribution is -0.137. The standard InChI is InChI=1S/C23H44O2/c1-2-3-4-5-6-7-8-9-10-11-12-13-14-15-16-17-18-19-20-21-22-23(24)25/h17-18H,2-16,19-22H2,1H3,(H,24,25). The van der Waals surface area contributed by atoms with Gasteiger partial charge in [-0.1, -0.05) is 103 Å². The highest BCUT2D eigenvalue weighted by Gasteiger charge is 1.95. The van der Waals surface area contributed by atoms with Crippen LogP contribution in [0.1, 0.15) is 129 Å². The SMILES string of the molecule is CCCCCCCCCCCCCCCCC=CCCCCC(=O)O. The highest BCUT2D eigenvalue weighted by Crippen LogP contribution is 2.13. The first kappa shape index (κ1) is 24.2. The number of carbonyl (C=O) groups is 1. The summed E-state index contributed by atoms with van der Waals surface area (Å²) in [5, 5.41) is 8.55. The Kier molecular flexibility index (Phi) is 20.6. The summed E-state index contributed by atoms with van der Waals surface area (Å²) in [7, 11) is 0. The normalized spacial score (nSPS) is 11.4. The Morgan fingerprint density at radius 2 is 0.960 bits per heavy atom. The molecule has 2 nitrogen and oxygen atoms in total. The fourth-order valence-electron chi connectivity index (χ4n) is 3.23. The van der Waals surface area contributed by atoms with Gasteiger partial charge in [0.05, 0.1) is 0 Å². The van der Waals surface area contributed by atoms with Crippen molar-refractivity contribution in [3.63, 3.8) is 0 Å². The van der Waals surface area contributed by atoms with E-state index in [1.54, 1.807) is 0 Å².